The molecule has 4 aromatic heterocycles. The molecule has 0 aliphatic carbocycles. The Bertz CT molecular complexity index is 1240. The van der Waals surface area contributed by atoms with Crippen molar-refractivity contribution in [2.45, 2.75) is 25.2 Å². The maximum atomic E-state index is 13.4. The average Bonchev–Trinajstić information content (AvgIpc) is 3.44. The number of hydrogen-bond acceptors (Lipinski definition) is 4. The molecule has 31 heavy (non-hydrogen) atoms. The molecule has 5 heterocycles. The molecule has 1 atom stereocenters. The topological polar surface area (TPSA) is 84.1 Å². The van der Waals surface area contributed by atoms with E-state index in [1.165, 1.54) is 4.90 Å². The highest BCUT2D eigenvalue weighted by Gasteiger charge is 2.38. The van der Waals surface area contributed by atoms with Crippen LogP contribution in [0, 0.1) is 0 Å². The number of carbonyl (C=O) groups is 1. The Hall–Kier alpha value is -3.34. The standard InChI is InChI=1S/C19H15ClF3N7O/c20-17-12(8-26-30(17)9-19(21,22)23)18(31)28-6-4-13-15(25-10-24-13)16(28)14-7-11-3-1-2-5-29(11)27-14/h1-3,5,7-8,10,16H,4,6,9H2,(H,24,25). The fraction of sp³-hybridized carbons (Fsp3) is 0.263. The van der Waals surface area contributed by atoms with Crippen LogP contribution in [0.25, 0.3) is 5.52 Å². The Morgan fingerprint density at radius 2 is 2.16 bits per heavy atom. The molecule has 0 saturated carbocycles. The Morgan fingerprint density at radius 3 is 2.94 bits per heavy atom. The highest BCUT2D eigenvalue weighted by atomic mass is 35.5. The van der Waals surface area contributed by atoms with Gasteiger partial charge >= 0.3 is 6.18 Å². The third-order valence-electron chi connectivity index (χ3n) is 5.19. The molecule has 0 spiro atoms. The van der Waals surface area contributed by atoms with Crippen LogP contribution >= 0.6 is 11.6 Å². The van der Waals surface area contributed by atoms with E-state index in [1.807, 2.05) is 24.3 Å². The van der Waals surface area contributed by atoms with E-state index in [0.717, 1.165) is 17.4 Å². The lowest BCUT2D eigenvalue weighted by atomic mass is 9.99. The summed E-state index contributed by atoms with van der Waals surface area (Å²) in [6.07, 6.45) is 0.410. The van der Waals surface area contributed by atoms with Gasteiger partial charge in [-0.3, -0.25) is 4.79 Å². The maximum absolute atomic E-state index is 13.4. The molecule has 0 fully saturated rings. The Balaban J connectivity index is 1.55. The van der Waals surface area contributed by atoms with Crippen LogP contribution in [0.2, 0.25) is 5.15 Å². The number of nitrogens with zero attached hydrogens (tertiary/aromatic N) is 6. The van der Waals surface area contributed by atoms with Crippen molar-refractivity contribution in [1.29, 1.82) is 0 Å². The molecular weight excluding hydrogens is 435 g/mol. The lowest BCUT2D eigenvalue weighted by molar-refractivity contribution is -0.142. The summed E-state index contributed by atoms with van der Waals surface area (Å²) >= 11 is 6.09. The van der Waals surface area contributed by atoms with Crippen LogP contribution in [0.4, 0.5) is 13.2 Å². The SMILES string of the molecule is O=C(c1cnn(CC(F)(F)F)c1Cl)N1CCc2[nH]cnc2C1c1cc2ccccn2n1. The Labute approximate surface area is 178 Å². The van der Waals surface area contributed by atoms with Crippen molar-refractivity contribution in [2.75, 3.05) is 6.54 Å². The Morgan fingerprint density at radius 1 is 1.32 bits per heavy atom. The summed E-state index contributed by atoms with van der Waals surface area (Å²) in [6.45, 7) is -1.06. The van der Waals surface area contributed by atoms with Gasteiger partial charge in [0.2, 0.25) is 0 Å². The van der Waals surface area contributed by atoms with E-state index in [-0.39, 0.29) is 10.7 Å². The molecule has 5 rings (SSSR count). The predicted octanol–water partition coefficient (Wildman–Crippen LogP) is 3.26. The van der Waals surface area contributed by atoms with Gasteiger partial charge in [-0.15, -0.1) is 0 Å². The summed E-state index contributed by atoms with van der Waals surface area (Å²) in [4.78, 5) is 22.4. The van der Waals surface area contributed by atoms with Crippen molar-refractivity contribution in [3.8, 4) is 0 Å². The average molecular weight is 450 g/mol. The van der Waals surface area contributed by atoms with Gasteiger partial charge in [0.05, 0.1) is 35.0 Å². The molecule has 0 bridgehead atoms. The fourth-order valence-electron chi connectivity index (χ4n) is 3.84. The van der Waals surface area contributed by atoms with Crippen LogP contribution in [0.3, 0.4) is 0 Å². The first kappa shape index (κ1) is 19.6. The summed E-state index contributed by atoms with van der Waals surface area (Å²) in [6, 6.07) is 6.82. The van der Waals surface area contributed by atoms with Gasteiger partial charge in [-0.2, -0.15) is 23.4 Å². The van der Waals surface area contributed by atoms with E-state index in [1.54, 1.807) is 17.0 Å². The van der Waals surface area contributed by atoms with Crippen molar-refractivity contribution in [3.63, 3.8) is 0 Å². The zero-order chi connectivity index (χ0) is 21.8. The minimum atomic E-state index is -4.51. The molecule has 8 nitrogen and oxygen atoms in total. The summed E-state index contributed by atoms with van der Waals surface area (Å²) in [7, 11) is 0. The third-order valence-corrected chi connectivity index (χ3v) is 5.59. The largest absolute Gasteiger partial charge is 0.408 e. The quantitative estimate of drug-likeness (QED) is 0.520. The number of rotatable bonds is 3. The number of halogens is 4. The van der Waals surface area contributed by atoms with Gasteiger partial charge in [0.1, 0.15) is 17.7 Å². The van der Waals surface area contributed by atoms with E-state index in [2.05, 4.69) is 20.2 Å². The van der Waals surface area contributed by atoms with Crippen LogP contribution in [0.1, 0.15) is 33.5 Å². The molecule has 4 aromatic rings. The van der Waals surface area contributed by atoms with Gasteiger partial charge in [0.25, 0.3) is 5.91 Å². The van der Waals surface area contributed by atoms with Gasteiger partial charge in [0, 0.05) is 24.9 Å². The molecule has 12 heteroatoms. The molecule has 1 unspecified atom stereocenters. The van der Waals surface area contributed by atoms with Gasteiger partial charge in [0.15, 0.2) is 0 Å². The second-order valence-corrected chi connectivity index (χ2v) is 7.54. The molecule has 1 amide bonds. The second kappa shape index (κ2) is 7.12. The third kappa shape index (κ3) is 3.44. The summed E-state index contributed by atoms with van der Waals surface area (Å²) in [5, 5.41) is 7.89. The Kier molecular flexibility index (Phi) is 4.50. The van der Waals surface area contributed by atoms with Gasteiger partial charge in [-0.05, 0) is 18.2 Å². The van der Waals surface area contributed by atoms with Crippen molar-refractivity contribution in [1.82, 2.24) is 34.3 Å². The molecule has 0 saturated heterocycles. The zero-order valence-corrected chi connectivity index (χ0v) is 16.6. The van der Waals surface area contributed by atoms with E-state index < -0.39 is 24.7 Å². The normalized spacial score (nSPS) is 16.6. The predicted molar refractivity (Wildman–Crippen MR) is 104 cm³/mol. The first-order valence-corrected chi connectivity index (χ1v) is 9.75. The van der Waals surface area contributed by atoms with Crippen molar-refractivity contribution in [3.05, 3.63) is 70.8 Å². The van der Waals surface area contributed by atoms with Crippen LogP contribution < -0.4 is 0 Å². The summed E-state index contributed by atoms with van der Waals surface area (Å²) in [5.74, 6) is -0.533. The van der Waals surface area contributed by atoms with Crippen molar-refractivity contribution < 1.29 is 18.0 Å². The summed E-state index contributed by atoms with van der Waals surface area (Å²) in [5.41, 5.74) is 2.85. The van der Waals surface area contributed by atoms with Crippen molar-refractivity contribution >= 4 is 23.0 Å². The molecule has 160 valence electrons. The number of hydrogen-bond donors (Lipinski definition) is 1. The fourth-order valence-corrected chi connectivity index (χ4v) is 4.07. The van der Waals surface area contributed by atoms with Crippen LogP contribution in [-0.4, -0.2) is 52.9 Å². The minimum Gasteiger partial charge on any atom is -0.348 e. The van der Waals surface area contributed by atoms with Crippen LogP contribution in [-0.2, 0) is 13.0 Å². The van der Waals surface area contributed by atoms with E-state index in [4.69, 9.17) is 11.6 Å². The monoisotopic (exact) mass is 449 g/mol. The van der Waals surface area contributed by atoms with E-state index >= 15 is 0 Å². The number of carbonyl (C=O) groups excluding carboxylic acids is 1. The maximum Gasteiger partial charge on any atom is 0.408 e. The van der Waals surface area contributed by atoms with E-state index in [0.29, 0.717) is 29.0 Å². The molecule has 1 N–H and O–H groups in total. The highest BCUT2D eigenvalue weighted by molar-refractivity contribution is 6.32. The second-order valence-electron chi connectivity index (χ2n) is 7.18. The number of aromatic nitrogens is 6. The molecule has 1 aliphatic rings. The number of fused-ring (bicyclic) bond motifs is 2. The number of amides is 1. The smallest absolute Gasteiger partial charge is 0.348 e. The van der Waals surface area contributed by atoms with E-state index in [9.17, 15) is 18.0 Å². The number of pyridine rings is 1. The van der Waals surface area contributed by atoms with Crippen molar-refractivity contribution in [2.24, 2.45) is 0 Å². The lowest BCUT2D eigenvalue weighted by Crippen LogP contribution is -2.41. The first-order valence-electron chi connectivity index (χ1n) is 9.37. The van der Waals surface area contributed by atoms with Crippen LogP contribution in [0.15, 0.2) is 43.0 Å². The molecule has 1 aliphatic heterocycles. The molecular formula is C19H15ClF3N7O. The molecule has 0 radical (unpaired) electrons. The number of aromatic amines is 1. The summed E-state index contributed by atoms with van der Waals surface area (Å²) < 4.78 is 40.5. The lowest BCUT2D eigenvalue weighted by Gasteiger charge is -2.33. The van der Waals surface area contributed by atoms with Crippen LogP contribution in [0.5, 0.6) is 0 Å². The number of nitrogens with one attached hydrogen (secondary N) is 1. The minimum absolute atomic E-state index is 0.0985. The van der Waals surface area contributed by atoms with Gasteiger partial charge in [-0.1, -0.05) is 17.7 Å². The number of H-pyrrole nitrogens is 1. The first-order chi connectivity index (χ1) is 14.8. The number of alkyl halides is 3. The molecule has 0 aromatic carbocycles. The zero-order valence-electron chi connectivity index (χ0n) is 15.8. The highest BCUT2D eigenvalue weighted by Crippen LogP contribution is 2.35. The van der Waals surface area contributed by atoms with Gasteiger partial charge in [-0.25, -0.2) is 14.2 Å². The number of imidazole rings is 1. The van der Waals surface area contributed by atoms with Gasteiger partial charge < -0.3 is 9.88 Å².